The average Bonchev–Trinajstić information content (AvgIpc) is 2.70. The highest BCUT2D eigenvalue weighted by Gasteiger charge is 2.08. The summed E-state index contributed by atoms with van der Waals surface area (Å²) in [6.45, 7) is 0. The number of fused-ring (bicyclic) bond motifs is 1. The van der Waals surface area contributed by atoms with Crippen LogP contribution in [0.4, 0.5) is 4.79 Å². The normalized spacial score (nSPS) is 10.5. The molecule has 0 bridgehead atoms. The number of carbonyl (C=O) groups is 1. The Kier molecular flexibility index (Phi) is 2.64. The van der Waals surface area contributed by atoms with E-state index in [1.165, 1.54) is 11.7 Å². The quantitative estimate of drug-likeness (QED) is 0.696. The van der Waals surface area contributed by atoms with Gasteiger partial charge in [0.15, 0.2) is 0 Å². The fourth-order valence-corrected chi connectivity index (χ4v) is 1.68. The van der Waals surface area contributed by atoms with Crippen LogP contribution < -0.4 is 0 Å². The maximum absolute atomic E-state index is 11.4. The summed E-state index contributed by atoms with van der Waals surface area (Å²) in [7, 11) is 1.36. The molecule has 0 fully saturated rings. The van der Waals surface area contributed by atoms with E-state index in [9.17, 15) is 4.79 Å². The predicted octanol–water partition coefficient (Wildman–Crippen LogP) is 2.99. The topological polar surface area (TPSA) is 31.2 Å². The largest absolute Gasteiger partial charge is 0.452 e. The summed E-state index contributed by atoms with van der Waals surface area (Å²) < 4.78 is 6.13. The third-order valence-electron chi connectivity index (χ3n) is 2.28. The van der Waals surface area contributed by atoms with E-state index in [0.717, 1.165) is 16.5 Å². The minimum absolute atomic E-state index is 0.392. The lowest BCUT2D eigenvalue weighted by Crippen LogP contribution is -2.09. The first-order chi connectivity index (χ1) is 7.26. The van der Waals surface area contributed by atoms with Gasteiger partial charge in [-0.2, -0.15) is 0 Å². The minimum atomic E-state index is -0.392. The zero-order valence-electron chi connectivity index (χ0n) is 8.24. The van der Waals surface area contributed by atoms with Crippen LogP contribution in [0.15, 0.2) is 30.5 Å². The molecule has 0 radical (unpaired) electrons. The van der Waals surface area contributed by atoms with Crippen molar-refractivity contribution in [3.8, 4) is 0 Å². The molecule has 1 aromatic heterocycles. The molecule has 78 valence electrons. The smallest absolute Gasteiger partial charge is 0.418 e. The van der Waals surface area contributed by atoms with E-state index in [4.69, 9.17) is 11.6 Å². The first-order valence-electron chi connectivity index (χ1n) is 4.50. The predicted molar refractivity (Wildman–Crippen MR) is 59.3 cm³/mol. The van der Waals surface area contributed by atoms with Crippen LogP contribution in [0.5, 0.6) is 0 Å². The van der Waals surface area contributed by atoms with Crippen LogP contribution in [0.1, 0.15) is 5.56 Å². The van der Waals surface area contributed by atoms with Gasteiger partial charge < -0.3 is 4.74 Å². The van der Waals surface area contributed by atoms with E-state index in [2.05, 4.69) is 4.74 Å². The molecule has 1 heterocycles. The second-order valence-electron chi connectivity index (χ2n) is 3.18. The van der Waals surface area contributed by atoms with Crippen LogP contribution in [-0.4, -0.2) is 17.8 Å². The molecule has 0 saturated carbocycles. The highest BCUT2D eigenvalue weighted by atomic mass is 35.5. The van der Waals surface area contributed by atoms with Gasteiger partial charge in [0.25, 0.3) is 0 Å². The highest BCUT2D eigenvalue weighted by Crippen LogP contribution is 2.18. The number of alkyl halides is 1. The average molecular weight is 224 g/mol. The number of halogens is 1. The molecule has 1 aromatic carbocycles. The summed E-state index contributed by atoms with van der Waals surface area (Å²) in [5, 5.41) is 0.995. The van der Waals surface area contributed by atoms with Crippen molar-refractivity contribution in [1.29, 1.82) is 0 Å². The molecule has 0 N–H and O–H groups in total. The molecule has 0 spiro atoms. The number of rotatable bonds is 1. The molecular weight excluding hydrogens is 214 g/mol. The SMILES string of the molecule is COC(=O)n1ccc2ccc(CCl)cc21. The van der Waals surface area contributed by atoms with E-state index in [-0.39, 0.29) is 0 Å². The summed E-state index contributed by atoms with van der Waals surface area (Å²) in [6.07, 6.45) is 1.30. The van der Waals surface area contributed by atoms with Crippen molar-refractivity contribution in [2.24, 2.45) is 0 Å². The number of methoxy groups -OCH3 is 1. The van der Waals surface area contributed by atoms with Crippen LogP contribution in [0.25, 0.3) is 10.9 Å². The van der Waals surface area contributed by atoms with Gasteiger partial charge in [-0.05, 0) is 17.7 Å². The lowest BCUT2D eigenvalue weighted by atomic mass is 10.2. The van der Waals surface area contributed by atoms with Gasteiger partial charge in [-0.1, -0.05) is 12.1 Å². The van der Waals surface area contributed by atoms with E-state index in [1.54, 1.807) is 6.20 Å². The van der Waals surface area contributed by atoms with Gasteiger partial charge in [0.2, 0.25) is 0 Å². The first kappa shape index (κ1) is 10.1. The van der Waals surface area contributed by atoms with Crippen molar-refractivity contribution < 1.29 is 9.53 Å². The molecule has 0 unspecified atom stereocenters. The van der Waals surface area contributed by atoms with Crippen LogP contribution >= 0.6 is 11.6 Å². The van der Waals surface area contributed by atoms with Gasteiger partial charge >= 0.3 is 6.09 Å². The summed E-state index contributed by atoms with van der Waals surface area (Å²) >= 11 is 5.73. The molecule has 2 rings (SSSR count). The Balaban J connectivity index is 2.61. The Bertz CT molecular complexity index is 504. The maximum Gasteiger partial charge on any atom is 0.418 e. The summed E-state index contributed by atoms with van der Waals surface area (Å²) in [5.74, 6) is 0.433. The summed E-state index contributed by atoms with van der Waals surface area (Å²) in [6, 6.07) is 7.63. The van der Waals surface area contributed by atoms with Gasteiger partial charge in [-0.3, -0.25) is 4.57 Å². The molecule has 15 heavy (non-hydrogen) atoms. The molecule has 2 aromatic rings. The molecule has 0 aliphatic rings. The highest BCUT2D eigenvalue weighted by molar-refractivity contribution is 6.17. The molecule has 0 atom stereocenters. The standard InChI is InChI=1S/C11H10ClNO2/c1-15-11(14)13-5-4-9-3-2-8(7-12)6-10(9)13/h2-6H,7H2,1H3. The third kappa shape index (κ3) is 1.70. The summed E-state index contributed by atoms with van der Waals surface area (Å²) in [5.41, 5.74) is 1.80. The van der Waals surface area contributed by atoms with Crippen LogP contribution in [-0.2, 0) is 10.6 Å². The van der Waals surface area contributed by atoms with Crippen LogP contribution in [0.3, 0.4) is 0 Å². The van der Waals surface area contributed by atoms with Crippen molar-refractivity contribution in [2.45, 2.75) is 5.88 Å². The second kappa shape index (κ2) is 3.95. The minimum Gasteiger partial charge on any atom is -0.452 e. The Hall–Kier alpha value is -1.48. The van der Waals surface area contributed by atoms with Crippen LogP contribution in [0.2, 0.25) is 0 Å². The van der Waals surface area contributed by atoms with E-state index < -0.39 is 6.09 Å². The molecule has 0 aliphatic heterocycles. The fraction of sp³-hybridized carbons (Fsp3) is 0.182. The van der Waals surface area contributed by atoms with Crippen molar-refractivity contribution in [3.63, 3.8) is 0 Å². The fourth-order valence-electron chi connectivity index (χ4n) is 1.51. The third-order valence-corrected chi connectivity index (χ3v) is 2.59. The van der Waals surface area contributed by atoms with Gasteiger partial charge in [-0.15, -0.1) is 11.6 Å². The molecule has 3 nitrogen and oxygen atoms in total. The molecule has 0 aliphatic carbocycles. The number of aromatic nitrogens is 1. The number of hydrogen-bond donors (Lipinski definition) is 0. The molecule has 0 amide bonds. The lowest BCUT2D eigenvalue weighted by Gasteiger charge is -2.02. The number of hydrogen-bond acceptors (Lipinski definition) is 2. The Labute approximate surface area is 92.2 Å². The number of benzene rings is 1. The van der Waals surface area contributed by atoms with E-state index in [0.29, 0.717) is 5.88 Å². The number of ether oxygens (including phenoxy) is 1. The van der Waals surface area contributed by atoms with Gasteiger partial charge in [-0.25, -0.2) is 4.79 Å². The van der Waals surface area contributed by atoms with Gasteiger partial charge in [0.05, 0.1) is 12.6 Å². The second-order valence-corrected chi connectivity index (χ2v) is 3.45. The van der Waals surface area contributed by atoms with Gasteiger partial charge in [0.1, 0.15) is 0 Å². The molecular formula is C11H10ClNO2. The lowest BCUT2D eigenvalue weighted by molar-refractivity contribution is 0.174. The number of nitrogens with zero attached hydrogens (tertiary/aromatic N) is 1. The van der Waals surface area contributed by atoms with E-state index >= 15 is 0 Å². The zero-order chi connectivity index (χ0) is 10.8. The zero-order valence-corrected chi connectivity index (χ0v) is 8.99. The maximum atomic E-state index is 11.4. The summed E-state index contributed by atoms with van der Waals surface area (Å²) in [4.78, 5) is 11.4. The Morgan fingerprint density at radius 2 is 2.27 bits per heavy atom. The number of carbonyl (C=O) groups excluding carboxylic acids is 1. The van der Waals surface area contributed by atoms with Crippen molar-refractivity contribution in [3.05, 3.63) is 36.0 Å². The van der Waals surface area contributed by atoms with E-state index in [1.807, 2.05) is 24.3 Å². The van der Waals surface area contributed by atoms with Crippen molar-refractivity contribution >= 4 is 28.6 Å². The first-order valence-corrected chi connectivity index (χ1v) is 5.04. The van der Waals surface area contributed by atoms with Gasteiger partial charge in [0, 0.05) is 17.5 Å². The Morgan fingerprint density at radius 3 is 2.93 bits per heavy atom. The van der Waals surface area contributed by atoms with Crippen molar-refractivity contribution in [2.75, 3.05) is 7.11 Å². The molecule has 0 saturated heterocycles. The Morgan fingerprint density at radius 1 is 1.47 bits per heavy atom. The monoisotopic (exact) mass is 223 g/mol. The van der Waals surface area contributed by atoms with Crippen LogP contribution in [0, 0.1) is 0 Å². The molecule has 4 heteroatoms. The van der Waals surface area contributed by atoms with Crippen molar-refractivity contribution in [1.82, 2.24) is 4.57 Å².